The van der Waals surface area contributed by atoms with Crippen LogP contribution in [0.3, 0.4) is 0 Å². The van der Waals surface area contributed by atoms with Gasteiger partial charge in [-0.2, -0.15) is 0 Å². The lowest BCUT2D eigenvalue weighted by Gasteiger charge is -2.17. The second kappa shape index (κ2) is 38.3. The third-order valence-electron chi connectivity index (χ3n) is 27.2. The van der Waals surface area contributed by atoms with Crippen LogP contribution in [-0.4, -0.2) is 29.9 Å². The Labute approximate surface area is 789 Å². The molecule has 0 saturated heterocycles. The Kier molecular flexibility index (Phi) is 25.2. The average molecular weight is 1730 g/mol. The third-order valence-corrected chi connectivity index (χ3v) is 27.2. The van der Waals surface area contributed by atoms with Gasteiger partial charge in [-0.1, -0.05) is 338 Å². The standard InChI is InChI=1S/C44H40N2.2C42H36N2/c1-27-19-29(3)39(30(4)20-27)23-35-25-41(33-13-9-7-10-14-33)37-17-18-38-42(34-15-11-8-12-16-34)26-36(46-44(38)43(37)45-35)24-40-31(5)21-28(2)22-32(40)6;1-27-13-11-14-28(2)37(27)23-33-25-39(31-17-7-5-8-18-31)35-21-22-36-40(32-19-9-6-10-20-32)26-34(44-42(36)41(35)43-33)24-38-29(3)15-12-16-30(38)4;1-27-15-17-33(29(3)21-27)23-35-25-39(31-11-7-5-8-12-31)37-19-20-38-40(32-13-9-6-10-14-32)26-36(44-42(38)41(37)43-35)24-34-18-16-28(2)22-30(34)4/h7-22,25-26H,23-24H2,1-6H3;2*5-22,25-26H,23-24H2,1-4H3. The summed E-state index contributed by atoms with van der Waals surface area (Å²) >= 11 is 0. The first-order valence-electron chi connectivity index (χ1n) is 47.1. The molecular weight excluding hydrogens is 1620 g/mol. The van der Waals surface area contributed by atoms with Crippen molar-refractivity contribution in [3.63, 3.8) is 0 Å². The normalized spacial score (nSPS) is 11.4. The van der Waals surface area contributed by atoms with Crippen LogP contribution in [-0.2, 0) is 38.5 Å². The first-order valence-corrected chi connectivity index (χ1v) is 47.1. The monoisotopic (exact) mass is 1730 g/mol. The molecule has 0 unspecified atom stereocenters. The summed E-state index contributed by atoms with van der Waals surface area (Å²) in [5, 5.41) is 6.78. The van der Waals surface area contributed by atoms with Crippen LogP contribution >= 0.6 is 0 Å². The average Bonchev–Trinajstić information content (AvgIpc) is 0.748. The molecule has 21 rings (SSSR count). The zero-order chi connectivity index (χ0) is 92.4. The van der Waals surface area contributed by atoms with E-state index in [-0.39, 0.29) is 0 Å². The molecule has 134 heavy (non-hydrogen) atoms. The molecule has 0 amide bonds. The van der Waals surface area contributed by atoms with Gasteiger partial charge in [0.1, 0.15) is 0 Å². The number of aryl methyl sites for hydroxylation is 14. The number of fused-ring (bicyclic) bond motifs is 9. The number of rotatable bonds is 18. The molecule has 6 nitrogen and oxygen atoms in total. The number of hydrogen-bond acceptors (Lipinski definition) is 6. The van der Waals surface area contributed by atoms with Crippen LogP contribution in [0.5, 0.6) is 0 Å². The van der Waals surface area contributed by atoms with Crippen molar-refractivity contribution >= 4 is 65.4 Å². The molecule has 0 aliphatic heterocycles. The molecule has 6 heterocycles. The Morgan fingerprint density at radius 3 is 0.537 bits per heavy atom. The Hall–Kier alpha value is -15.2. The lowest BCUT2D eigenvalue weighted by atomic mass is 9.92. The van der Waals surface area contributed by atoms with E-state index in [1.54, 1.807) is 0 Å². The van der Waals surface area contributed by atoms with Crippen molar-refractivity contribution in [2.24, 2.45) is 0 Å². The molecule has 21 aromatic rings. The second-order valence-electron chi connectivity index (χ2n) is 37.2. The van der Waals surface area contributed by atoms with E-state index < -0.39 is 0 Å². The van der Waals surface area contributed by atoms with Crippen LogP contribution in [0.15, 0.2) is 352 Å². The van der Waals surface area contributed by atoms with Crippen LogP contribution in [0.2, 0.25) is 0 Å². The summed E-state index contributed by atoms with van der Waals surface area (Å²) in [6.07, 6.45) is 4.64. The minimum Gasteiger partial charge on any atom is -0.250 e. The fourth-order valence-corrected chi connectivity index (χ4v) is 20.4. The van der Waals surface area contributed by atoms with Gasteiger partial charge in [0, 0.05) is 105 Å². The van der Waals surface area contributed by atoms with Crippen molar-refractivity contribution in [3.8, 4) is 66.8 Å². The highest BCUT2D eigenvalue weighted by Gasteiger charge is 2.24. The molecule has 0 saturated carbocycles. The van der Waals surface area contributed by atoms with Gasteiger partial charge in [0.2, 0.25) is 0 Å². The molecule has 6 heteroatoms. The van der Waals surface area contributed by atoms with Gasteiger partial charge < -0.3 is 0 Å². The summed E-state index contributed by atoms with van der Waals surface area (Å²) in [7, 11) is 0. The minimum absolute atomic E-state index is 0.770. The molecule has 0 N–H and O–H groups in total. The summed E-state index contributed by atoms with van der Waals surface area (Å²) in [5.74, 6) is 0. The van der Waals surface area contributed by atoms with E-state index in [9.17, 15) is 0 Å². The zero-order valence-electron chi connectivity index (χ0n) is 79.4. The topological polar surface area (TPSA) is 77.3 Å². The first kappa shape index (κ1) is 88.1. The summed E-state index contributed by atoms with van der Waals surface area (Å²) < 4.78 is 0. The van der Waals surface area contributed by atoms with E-state index in [0.717, 1.165) is 138 Å². The first-order chi connectivity index (χ1) is 65.1. The highest BCUT2D eigenvalue weighted by molar-refractivity contribution is 6.15. The SMILES string of the molecule is Cc1cc(C)c(Cc2cc(-c3ccccc3)c3ccc4c(-c5ccccc5)cc(Cc5c(C)cc(C)cc5C)nc4c3n2)c(C)c1.Cc1ccc(Cc2cc(-c3ccccc3)c3ccc4c(-c5ccccc5)cc(Cc5ccc(C)cc5C)nc4c3n2)c(C)c1.Cc1cccc(C)c1Cc1cc(-c2ccccc2)c2ccc3c(-c4ccccc4)cc(Cc4c(C)cccc4C)nc3c2n1. The Morgan fingerprint density at radius 2 is 0.336 bits per heavy atom. The summed E-state index contributed by atoms with van der Waals surface area (Å²) in [6.45, 7) is 30.7. The van der Waals surface area contributed by atoms with Gasteiger partial charge >= 0.3 is 0 Å². The lowest BCUT2D eigenvalue weighted by Crippen LogP contribution is -2.03. The van der Waals surface area contributed by atoms with Crippen molar-refractivity contribution in [1.29, 1.82) is 0 Å². The van der Waals surface area contributed by atoms with Crippen molar-refractivity contribution in [2.75, 3.05) is 0 Å². The van der Waals surface area contributed by atoms with Crippen LogP contribution in [0.25, 0.3) is 132 Å². The predicted molar refractivity (Wildman–Crippen MR) is 566 cm³/mol. The fourth-order valence-electron chi connectivity index (χ4n) is 20.4. The smallest absolute Gasteiger partial charge is 0.0974 e. The minimum atomic E-state index is 0.770. The van der Waals surface area contributed by atoms with Gasteiger partial charge in [0.25, 0.3) is 0 Å². The molecule has 0 bridgehead atoms. The Balaban J connectivity index is 0.000000129. The molecule has 0 fully saturated rings. The Morgan fingerprint density at radius 1 is 0.149 bits per heavy atom. The molecule has 15 aromatic carbocycles. The molecule has 6 aromatic heterocycles. The fraction of sp³-hybridized carbons (Fsp3) is 0.156. The van der Waals surface area contributed by atoms with Gasteiger partial charge in [-0.15, -0.1) is 0 Å². The van der Waals surface area contributed by atoms with Gasteiger partial charge in [-0.05, 0) is 289 Å². The van der Waals surface area contributed by atoms with Gasteiger partial charge in [0.15, 0.2) is 0 Å². The second-order valence-corrected chi connectivity index (χ2v) is 37.2. The quantitative estimate of drug-likeness (QED) is 0.0797. The highest BCUT2D eigenvalue weighted by atomic mass is 14.8. The van der Waals surface area contributed by atoms with Gasteiger partial charge in [-0.25, -0.2) is 0 Å². The van der Waals surface area contributed by atoms with E-state index in [4.69, 9.17) is 29.9 Å². The lowest BCUT2D eigenvalue weighted by molar-refractivity contribution is 1.05. The van der Waals surface area contributed by atoms with Gasteiger partial charge in [-0.3, -0.25) is 29.9 Å². The number of pyridine rings is 6. The van der Waals surface area contributed by atoms with Gasteiger partial charge in [0.05, 0.1) is 33.1 Å². The molecule has 0 spiro atoms. The van der Waals surface area contributed by atoms with Crippen LogP contribution in [0.4, 0.5) is 0 Å². The van der Waals surface area contributed by atoms with Crippen molar-refractivity contribution in [2.45, 2.75) is 135 Å². The van der Waals surface area contributed by atoms with Crippen LogP contribution in [0, 0.1) is 96.9 Å². The number of hydrogen-bond donors (Lipinski definition) is 0. The maximum Gasteiger partial charge on any atom is 0.0974 e. The largest absolute Gasteiger partial charge is 0.250 e. The number of nitrogens with zero attached hydrogens (tertiary/aromatic N) is 6. The van der Waals surface area contributed by atoms with E-state index in [1.807, 2.05) is 0 Å². The van der Waals surface area contributed by atoms with E-state index in [1.165, 1.54) is 178 Å². The number of aromatic nitrogens is 6. The maximum atomic E-state index is 5.46. The third kappa shape index (κ3) is 18.6. The van der Waals surface area contributed by atoms with E-state index in [0.29, 0.717) is 0 Å². The number of benzene rings is 15. The molecule has 0 aliphatic rings. The molecular formula is C128H112N6. The molecule has 0 radical (unpaired) electrons. The van der Waals surface area contributed by atoms with Crippen molar-refractivity contribution in [1.82, 2.24) is 29.9 Å². The zero-order valence-corrected chi connectivity index (χ0v) is 79.4. The van der Waals surface area contributed by atoms with Crippen molar-refractivity contribution < 1.29 is 0 Å². The summed E-state index contributed by atoms with van der Waals surface area (Å²) in [6, 6.07) is 127. The molecule has 0 atom stereocenters. The van der Waals surface area contributed by atoms with Crippen molar-refractivity contribution in [3.05, 3.63) is 497 Å². The Bertz CT molecular complexity index is 7480. The molecule has 654 valence electrons. The van der Waals surface area contributed by atoms with Crippen LogP contribution < -0.4 is 0 Å². The van der Waals surface area contributed by atoms with E-state index >= 15 is 0 Å². The van der Waals surface area contributed by atoms with Crippen LogP contribution in [0.1, 0.15) is 145 Å². The maximum absolute atomic E-state index is 5.46. The molecule has 0 aliphatic carbocycles. The summed E-state index contributed by atoms with van der Waals surface area (Å²) in [5.41, 5.74) is 52.6. The van der Waals surface area contributed by atoms with E-state index in [2.05, 4.69) is 449 Å². The predicted octanol–water partition coefficient (Wildman–Crippen LogP) is 32.2. The summed E-state index contributed by atoms with van der Waals surface area (Å²) in [4.78, 5) is 32.6. The highest BCUT2D eigenvalue weighted by Crippen LogP contribution is 2.43.